The normalized spacial score (nSPS) is 13.0. The summed E-state index contributed by atoms with van der Waals surface area (Å²) < 4.78 is 5.11. The van der Waals surface area contributed by atoms with Gasteiger partial charge in [-0.05, 0) is 54.8 Å². The smallest absolute Gasteiger partial charge is 0.341 e. The van der Waals surface area contributed by atoms with Gasteiger partial charge in [0.1, 0.15) is 5.75 Å². The second kappa shape index (κ2) is 8.56. The Morgan fingerprint density at radius 2 is 2.00 bits per heavy atom. The quantitative estimate of drug-likeness (QED) is 0.767. The second-order valence-corrected chi connectivity index (χ2v) is 6.55. The van der Waals surface area contributed by atoms with Crippen molar-refractivity contribution in [2.45, 2.75) is 26.2 Å². The molecule has 7 heteroatoms. The lowest BCUT2D eigenvalue weighted by Gasteiger charge is -2.29. The number of hydrogen-bond acceptors (Lipinski definition) is 4. The van der Waals surface area contributed by atoms with Crippen LogP contribution >= 0.6 is 0 Å². The van der Waals surface area contributed by atoms with Gasteiger partial charge in [-0.25, -0.2) is 4.79 Å². The highest BCUT2D eigenvalue weighted by Gasteiger charge is 2.23. The molecule has 0 atom stereocenters. The van der Waals surface area contributed by atoms with Crippen molar-refractivity contribution >= 4 is 29.2 Å². The first-order valence-corrected chi connectivity index (χ1v) is 9.17. The van der Waals surface area contributed by atoms with E-state index in [4.69, 9.17) is 9.84 Å². The molecule has 3 rings (SSSR count). The van der Waals surface area contributed by atoms with E-state index >= 15 is 0 Å². The van der Waals surface area contributed by atoms with Crippen molar-refractivity contribution in [2.75, 3.05) is 23.4 Å². The first-order chi connectivity index (χ1) is 13.5. The number of nitrogens with zero attached hydrogens (tertiary/aromatic N) is 1. The van der Waals surface area contributed by atoms with Crippen molar-refractivity contribution in [3.63, 3.8) is 0 Å². The zero-order valence-electron chi connectivity index (χ0n) is 15.6. The molecule has 1 heterocycles. The minimum absolute atomic E-state index is 0.129. The van der Waals surface area contributed by atoms with Crippen LogP contribution in [0.1, 0.15) is 35.7 Å². The van der Waals surface area contributed by atoms with Crippen molar-refractivity contribution in [1.29, 1.82) is 0 Å². The molecule has 146 valence electrons. The second-order valence-electron chi connectivity index (χ2n) is 6.55. The molecule has 0 radical (unpaired) electrons. The summed E-state index contributed by atoms with van der Waals surface area (Å²) in [5.74, 6) is -0.962. The number of anilines is 2. The number of benzene rings is 2. The maximum atomic E-state index is 12.5. The molecule has 2 aromatic carbocycles. The van der Waals surface area contributed by atoms with E-state index in [2.05, 4.69) is 5.32 Å². The third kappa shape index (κ3) is 4.49. The zero-order valence-corrected chi connectivity index (χ0v) is 15.6. The predicted octanol–water partition coefficient (Wildman–Crippen LogP) is 3.09. The van der Waals surface area contributed by atoms with Crippen LogP contribution in [0.4, 0.5) is 11.4 Å². The number of fused-ring (bicyclic) bond motifs is 1. The highest BCUT2D eigenvalue weighted by molar-refractivity contribution is 6.05. The summed E-state index contributed by atoms with van der Waals surface area (Å²) in [7, 11) is 0. The molecule has 1 aliphatic heterocycles. The summed E-state index contributed by atoms with van der Waals surface area (Å²) in [6, 6.07) is 11.9. The predicted molar refractivity (Wildman–Crippen MR) is 105 cm³/mol. The van der Waals surface area contributed by atoms with Crippen LogP contribution in [0.2, 0.25) is 0 Å². The minimum Gasteiger partial charge on any atom is -0.482 e. The molecule has 0 unspecified atom stereocenters. The van der Waals surface area contributed by atoms with Gasteiger partial charge in [-0.1, -0.05) is 13.0 Å². The third-order valence-electron chi connectivity index (χ3n) is 4.44. The van der Waals surface area contributed by atoms with E-state index in [-0.39, 0.29) is 11.8 Å². The van der Waals surface area contributed by atoms with Crippen molar-refractivity contribution in [3.05, 3.63) is 53.6 Å². The number of carboxylic acid groups (broad SMARTS) is 1. The van der Waals surface area contributed by atoms with Crippen LogP contribution in [0.25, 0.3) is 0 Å². The monoisotopic (exact) mass is 382 g/mol. The molecule has 1 aliphatic rings. The first kappa shape index (κ1) is 19.4. The van der Waals surface area contributed by atoms with Crippen molar-refractivity contribution in [1.82, 2.24) is 0 Å². The maximum absolute atomic E-state index is 12.5. The van der Waals surface area contributed by atoms with E-state index in [9.17, 15) is 14.4 Å². The number of aryl methyl sites for hydroxylation is 1. The molecular weight excluding hydrogens is 360 g/mol. The van der Waals surface area contributed by atoms with Gasteiger partial charge in [-0.15, -0.1) is 0 Å². The van der Waals surface area contributed by atoms with E-state index in [1.807, 2.05) is 19.1 Å². The van der Waals surface area contributed by atoms with Crippen molar-refractivity contribution in [2.24, 2.45) is 0 Å². The van der Waals surface area contributed by atoms with Gasteiger partial charge in [0.15, 0.2) is 6.61 Å². The number of carboxylic acids is 1. The number of ether oxygens (including phenoxy) is 1. The van der Waals surface area contributed by atoms with Gasteiger partial charge in [0.2, 0.25) is 5.91 Å². The Morgan fingerprint density at radius 1 is 1.18 bits per heavy atom. The molecule has 28 heavy (non-hydrogen) atoms. The zero-order chi connectivity index (χ0) is 20.1. The Labute approximate surface area is 162 Å². The van der Waals surface area contributed by atoms with E-state index < -0.39 is 12.6 Å². The highest BCUT2D eigenvalue weighted by atomic mass is 16.5. The molecule has 7 nitrogen and oxygen atoms in total. The van der Waals surface area contributed by atoms with Gasteiger partial charge in [0, 0.05) is 29.9 Å². The largest absolute Gasteiger partial charge is 0.482 e. The van der Waals surface area contributed by atoms with Gasteiger partial charge >= 0.3 is 5.97 Å². The molecule has 0 spiro atoms. The average Bonchev–Trinajstić information content (AvgIpc) is 2.69. The van der Waals surface area contributed by atoms with Crippen molar-refractivity contribution < 1.29 is 24.2 Å². The van der Waals surface area contributed by atoms with Crippen LogP contribution in [-0.2, 0) is 16.0 Å². The molecule has 2 amide bonds. The molecule has 0 saturated heterocycles. The van der Waals surface area contributed by atoms with Gasteiger partial charge in [0.05, 0.1) is 0 Å². The molecule has 0 aromatic heterocycles. The lowest BCUT2D eigenvalue weighted by atomic mass is 10.00. The number of amides is 2. The summed E-state index contributed by atoms with van der Waals surface area (Å²) >= 11 is 0. The summed E-state index contributed by atoms with van der Waals surface area (Å²) in [6.45, 7) is 2.24. The molecule has 0 fully saturated rings. The Hall–Kier alpha value is -3.35. The van der Waals surface area contributed by atoms with Gasteiger partial charge in [0.25, 0.3) is 5.91 Å². The molecule has 0 aliphatic carbocycles. The fraction of sp³-hybridized carbons (Fsp3) is 0.286. The molecule has 0 bridgehead atoms. The van der Waals surface area contributed by atoms with Gasteiger partial charge < -0.3 is 20.1 Å². The standard InChI is InChI=1S/C21H22N2O5/c1-2-10-23-18-8-7-16(11-14(18)6-9-19(23)24)22-21(27)15-4-3-5-17(12-15)28-13-20(25)26/h3-5,7-8,11-12H,2,6,9-10,13H2,1H3,(H,22,27)(H,25,26). The topological polar surface area (TPSA) is 95.9 Å². The van der Waals surface area contributed by atoms with Gasteiger partial charge in [-0.2, -0.15) is 0 Å². The lowest BCUT2D eigenvalue weighted by Crippen LogP contribution is -2.35. The van der Waals surface area contributed by atoms with Crippen LogP contribution in [0.15, 0.2) is 42.5 Å². The highest BCUT2D eigenvalue weighted by Crippen LogP contribution is 2.30. The van der Waals surface area contributed by atoms with Crippen LogP contribution in [0.5, 0.6) is 5.75 Å². The fourth-order valence-corrected chi connectivity index (χ4v) is 3.18. The van der Waals surface area contributed by atoms with Crippen LogP contribution in [0.3, 0.4) is 0 Å². The van der Waals surface area contributed by atoms with E-state index in [0.717, 1.165) is 17.7 Å². The summed E-state index contributed by atoms with van der Waals surface area (Å²) in [5, 5.41) is 11.5. The maximum Gasteiger partial charge on any atom is 0.341 e. The summed E-state index contributed by atoms with van der Waals surface area (Å²) in [5.41, 5.74) is 2.94. The van der Waals surface area contributed by atoms with Crippen LogP contribution < -0.4 is 15.0 Å². The number of carbonyl (C=O) groups excluding carboxylic acids is 2. The average molecular weight is 382 g/mol. The first-order valence-electron chi connectivity index (χ1n) is 9.17. The molecule has 0 saturated carbocycles. The molecule has 2 aromatic rings. The third-order valence-corrected chi connectivity index (χ3v) is 4.44. The SMILES string of the molecule is CCCN1C(=O)CCc2cc(NC(=O)c3cccc(OCC(=O)O)c3)ccc21. The number of aliphatic carboxylic acids is 1. The summed E-state index contributed by atoms with van der Waals surface area (Å²) in [4.78, 5) is 37.1. The number of carbonyl (C=O) groups is 3. The Morgan fingerprint density at radius 3 is 2.75 bits per heavy atom. The molecule has 2 N–H and O–H groups in total. The molecular formula is C21H22N2O5. The van der Waals surface area contributed by atoms with E-state index in [1.54, 1.807) is 29.2 Å². The summed E-state index contributed by atoms with van der Waals surface area (Å²) in [6.07, 6.45) is 1.99. The van der Waals surface area contributed by atoms with Crippen molar-refractivity contribution in [3.8, 4) is 5.75 Å². The number of rotatable bonds is 7. The minimum atomic E-state index is -1.08. The van der Waals surface area contributed by atoms with E-state index in [1.165, 1.54) is 6.07 Å². The van der Waals surface area contributed by atoms with Gasteiger partial charge in [-0.3, -0.25) is 9.59 Å². The Bertz CT molecular complexity index is 909. The Balaban J connectivity index is 1.74. The van der Waals surface area contributed by atoms with Crippen LogP contribution in [-0.4, -0.2) is 36.0 Å². The number of nitrogens with one attached hydrogen (secondary N) is 1. The van der Waals surface area contributed by atoms with Crippen LogP contribution in [0, 0.1) is 0 Å². The fourth-order valence-electron chi connectivity index (χ4n) is 3.18. The lowest BCUT2D eigenvalue weighted by molar-refractivity contribution is -0.139. The number of hydrogen-bond donors (Lipinski definition) is 2. The Kier molecular flexibility index (Phi) is 5.93. The van der Waals surface area contributed by atoms with E-state index in [0.29, 0.717) is 36.4 Å².